The zero-order valence-electron chi connectivity index (χ0n) is 11.1. The van der Waals surface area contributed by atoms with Crippen LogP contribution in [-0.2, 0) is 6.61 Å². The van der Waals surface area contributed by atoms with Crippen LogP contribution in [0, 0.1) is 11.3 Å². The minimum absolute atomic E-state index is 0.373. The molecule has 3 aromatic rings. The van der Waals surface area contributed by atoms with Crippen molar-refractivity contribution in [2.75, 3.05) is 0 Å². The van der Waals surface area contributed by atoms with Gasteiger partial charge in [-0.3, -0.25) is 4.98 Å². The minimum Gasteiger partial charge on any atom is -0.487 e. The maximum Gasteiger partial charge on any atom is 0.142 e. The van der Waals surface area contributed by atoms with Crippen LogP contribution in [0.1, 0.15) is 11.3 Å². The molecule has 5 heteroatoms. The van der Waals surface area contributed by atoms with Crippen LogP contribution in [0.15, 0.2) is 54.0 Å². The number of pyridine rings is 1. The van der Waals surface area contributed by atoms with Crippen LogP contribution in [0.4, 0.5) is 0 Å². The van der Waals surface area contributed by atoms with Gasteiger partial charge < -0.3 is 4.74 Å². The van der Waals surface area contributed by atoms with E-state index in [2.05, 4.69) is 16.0 Å². The largest absolute Gasteiger partial charge is 0.487 e. The number of aromatic nitrogens is 2. The Labute approximate surface area is 126 Å². The van der Waals surface area contributed by atoms with Gasteiger partial charge in [0.05, 0.1) is 23.0 Å². The average Bonchev–Trinajstić information content (AvgIpc) is 3.03. The third-order valence-corrected chi connectivity index (χ3v) is 3.70. The zero-order valence-corrected chi connectivity index (χ0v) is 11.9. The molecule has 0 amide bonds. The molecule has 0 aliphatic heterocycles. The number of thiazole rings is 1. The van der Waals surface area contributed by atoms with Crippen molar-refractivity contribution in [1.82, 2.24) is 9.97 Å². The minimum atomic E-state index is 0.373. The van der Waals surface area contributed by atoms with Crippen molar-refractivity contribution in [3.63, 3.8) is 0 Å². The van der Waals surface area contributed by atoms with E-state index in [1.807, 2.05) is 29.6 Å². The molecule has 2 aromatic heterocycles. The SMILES string of the molecule is N#Cc1cccc(OCc2csc(-c3ccccn3)n2)c1. The topological polar surface area (TPSA) is 58.8 Å². The van der Waals surface area contributed by atoms with E-state index in [0.29, 0.717) is 17.9 Å². The first-order valence-corrected chi connectivity index (χ1v) is 7.22. The third kappa shape index (κ3) is 3.25. The number of benzene rings is 1. The van der Waals surface area contributed by atoms with Crippen molar-refractivity contribution < 1.29 is 4.74 Å². The maximum atomic E-state index is 8.85. The summed E-state index contributed by atoms with van der Waals surface area (Å²) >= 11 is 1.54. The summed E-state index contributed by atoms with van der Waals surface area (Å²) in [5.74, 6) is 0.668. The van der Waals surface area contributed by atoms with Crippen molar-refractivity contribution in [3.05, 3.63) is 65.3 Å². The second kappa shape index (κ2) is 6.16. The predicted octanol–water partition coefficient (Wildman–Crippen LogP) is 3.66. The number of ether oxygens (including phenoxy) is 1. The Bertz CT molecular complexity index is 777. The average molecular weight is 293 g/mol. The number of hydrogen-bond donors (Lipinski definition) is 0. The molecule has 0 saturated heterocycles. The van der Waals surface area contributed by atoms with E-state index in [-0.39, 0.29) is 0 Å². The van der Waals surface area contributed by atoms with E-state index in [0.717, 1.165) is 16.4 Å². The molecule has 102 valence electrons. The van der Waals surface area contributed by atoms with Crippen LogP contribution < -0.4 is 4.74 Å². The fourth-order valence-corrected chi connectivity index (χ4v) is 2.57. The van der Waals surface area contributed by atoms with E-state index >= 15 is 0 Å². The molecule has 2 heterocycles. The first-order chi connectivity index (χ1) is 10.3. The van der Waals surface area contributed by atoms with Gasteiger partial charge in [-0.1, -0.05) is 12.1 Å². The molecule has 0 radical (unpaired) electrons. The summed E-state index contributed by atoms with van der Waals surface area (Å²) in [6.45, 7) is 0.373. The summed E-state index contributed by atoms with van der Waals surface area (Å²) in [6.07, 6.45) is 1.75. The highest BCUT2D eigenvalue weighted by Gasteiger charge is 2.06. The molecule has 1 aromatic carbocycles. The van der Waals surface area contributed by atoms with Gasteiger partial charge in [-0.25, -0.2) is 4.98 Å². The molecule has 0 fully saturated rings. The quantitative estimate of drug-likeness (QED) is 0.736. The molecule has 0 unspecified atom stereocenters. The lowest BCUT2D eigenvalue weighted by atomic mass is 10.2. The van der Waals surface area contributed by atoms with Crippen molar-refractivity contribution in [2.24, 2.45) is 0 Å². The number of nitrogens with zero attached hydrogens (tertiary/aromatic N) is 3. The molecule has 0 spiro atoms. The van der Waals surface area contributed by atoms with Gasteiger partial charge in [0.25, 0.3) is 0 Å². The maximum absolute atomic E-state index is 8.85. The molecule has 0 bridgehead atoms. The molecule has 0 N–H and O–H groups in total. The fourth-order valence-electron chi connectivity index (χ4n) is 1.79. The van der Waals surface area contributed by atoms with E-state index in [1.54, 1.807) is 24.4 Å². The standard InChI is InChI=1S/C16H11N3OS/c17-9-12-4-3-5-14(8-12)20-10-13-11-21-16(19-13)15-6-1-2-7-18-15/h1-8,11H,10H2. The third-order valence-electron chi connectivity index (χ3n) is 2.79. The van der Waals surface area contributed by atoms with Gasteiger partial charge in [-0.05, 0) is 30.3 Å². The van der Waals surface area contributed by atoms with Crippen LogP contribution in [0.5, 0.6) is 5.75 Å². The highest BCUT2D eigenvalue weighted by molar-refractivity contribution is 7.13. The summed E-state index contributed by atoms with van der Waals surface area (Å²) in [7, 11) is 0. The van der Waals surface area contributed by atoms with Crippen LogP contribution in [0.3, 0.4) is 0 Å². The number of rotatable bonds is 4. The Balaban J connectivity index is 1.69. The fraction of sp³-hybridized carbons (Fsp3) is 0.0625. The van der Waals surface area contributed by atoms with Gasteiger partial charge in [0.15, 0.2) is 0 Å². The molecule has 3 rings (SSSR count). The Morgan fingerprint density at radius 2 is 2.14 bits per heavy atom. The van der Waals surface area contributed by atoms with E-state index in [1.165, 1.54) is 11.3 Å². The highest BCUT2D eigenvalue weighted by atomic mass is 32.1. The summed E-state index contributed by atoms with van der Waals surface area (Å²) < 4.78 is 5.66. The van der Waals surface area contributed by atoms with Crippen molar-refractivity contribution in [2.45, 2.75) is 6.61 Å². The molecule has 0 aliphatic carbocycles. The molecule has 0 saturated carbocycles. The van der Waals surface area contributed by atoms with E-state index in [4.69, 9.17) is 10.00 Å². The summed E-state index contributed by atoms with van der Waals surface area (Å²) in [5, 5.41) is 11.7. The smallest absolute Gasteiger partial charge is 0.142 e. The van der Waals surface area contributed by atoms with E-state index < -0.39 is 0 Å². The second-order valence-electron chi connectivity index (χ2n) is 4.29. The predicted molar refractivity (Wildman–Crippen MR) is 80.8 cm³/mol. The lowest BCUT2D eigenvalue weighted by Crippen LogP contribution is -1.96. The molecular weight excluding hydrogens is 282 g/mol. The first kappa shape index (κ1) is 13.3. The van der Waals surface area contributed by atoms with Crippen molar-refractivity contribution in [1.29, 1.82) is 5.26 Å². The lowest BCUT2D eigenvalue weighted by Gasteiger charge is -2.03. The molecule has 0 aliphatic rings. The zero-order chi connectivity index (χ0) is 14.5. The van der Waals surface area contributed by atoms with Crippen LogP contribution in [-0.4, -0.2) is 9.97 Å². The molecular formula is C16H11N3OS. The van der Waals surface area contributed by atoms with Gasteiger partial charge in [-0.2, -0.15) is 5.26 Å². The van der Waals surface area contributed by atoms with Crippen molar-refractivity contribution in [3.8, 4) is 22.5 Å². The lowest BCUT2D eigenvalue weighted by molar-refractivity contribution is 0.302. The Morgan fingerprint density at radius 3 is 2.95 bits per heavy atom. The van der Waals surface area contributed by atoms with Crippen LogP contribution >= 0.6 is 11.3 Å². The summed E-state index contributed by atoms with van der Waals surface area (Å²) in [6, 6.07) is 14.9. The van der Waals surface area contributed by atoms with Gasteiger partial charge in [0.2, 0.25) is 0 Å². The summed E-state index contributed by atoms with van der Waals surface area (Å²) in [4.78, 5) is 8.78. The van der Waals surface area contributed by atoms with Gasteiger partial charge in [0, 0.05) is 11.6 Å². The van der Waals surface area contributed by atoms with Gasteiger partial charge in [0.1, 0.15) is 17.4 Å². The second-order valence-corrected chi connectivity index (χ2v) is 5.15. The molecule has 21 heavy (non-hydrogen) atoms. The Morgan fingerprint density at radius 1 is 1.19 bits per heavy atom. The van der Waals surface area contributed by atoms with Crippen molar-refractivity contribution >= 4 is 11.3 Å². The highest BCUT2D eigenvalue weighted by Crippen LogP contribution is 2.22. The van der Waals surface area contributed by atoms with Gasteiger partial charge >= 0.3 is 0 Å². The number of hydrogen-bond acceptors (Lipinski definition) is 5. The monoisotopic (exact) mass is 293 g/mol. The molecule has 0 atom stereocenters. The Kier molecular flexibility index (Phi) is 3.90. The molecule has 4 nitrogen and oxygen atoms in total. The first-order valence-electron chi connectivity index (χ1n) is 6.34. The van der Waals surface area contributed by atoms with Crippen LogP contribution in [0.2, 0.25) is 0 Å². The van der Waals surface area contributed by atoms with E-state index in [9.17, 15) is 0 Å². The van der Waals surface area contributed by atoms with Crippen LogP contribution in [0.25, 0.3) is 10.7 Å². The normalized spacial score (nSPS) is 10.0. The Hall–Kier alpha value is -2.71. The van der Waals surface area contributed by atoms with Gasteiger partial charge in [-0.15, -0.1) is 11.3 Å². The summed E-state index contributed by atoms with van der Waals surface area (Å²) in [5.41, 5.74) is 2.29. The number of nitriles is 1.